The Balaban J connectivity index is 1.32. The van der Waals surface area contributed by atoms with Crippen molar-refractivity contribution in [2.45, 2.75) is 57.7 Å². The molecule has 1 aromatic carbocycles. The molecule has 1 atom stereocenters. The van der Waals surface area contributed by atoms with Gasteiger partial charge in [0.15, 0.2) is 0 Å². The van der Waals surface area contributed by atoms with E-state index in [0.29, 0.717) is 19.5 Å². The fourth-order valence-electron chi connectivity index (χ4n) is 4.75. The van der Waals surface area contributed by atoms with E-state index in [-0.39, 0.29) is 24.1 Å². The molecule has 3 aliphatic heterocycles. The zero-order valence-corrected chi connectivity index (χ0v) is 16.8. The zero-order valence-electron chi connectivity index (χ0n) is 16.8. The van der Waals surface area contributed by atoms with Gasteiger partial charge in [-0.25, -0.2) is 0 Å². The Morgan fingerprint density at radius 1 is 1.10 bits per heavy atom. The lowest BCUT2D eigenvalue weighted by molar-refractivity contribution is -0.136. The molecule has 1 aromatic rings. The lowest BCUT2D eigenvalue weighted by Crippen LogP contribution is -2.52. The van der Waals surface area contributed by atoms with Gasteiger partial charge >= 0.3 is 0 Å². The van der Waals surface area contributed by atoms with Gasteiger partial charge in [-0.2, -0.15) is 0 Å². The van der Waals surface area contributed by atoms with Crippen LogP contribution in [-0.4, -0.2) is 48.3 Å². The van der Waals surface area contributed by atoms with E-state index >= 15 is 0 Å². The van der Waals surface area contributed by atoms with Crippen LogP contribution in [0.25, 0.3) is 0 Å². The van der Waals surface area contributed by atoms with E-state index in [4.69, 9.17) is 0 Å². The van der Waals surface area contributed by atoms with Crippen molar-refractivity contribution in [2.75, 3.05) is 19.6 Å². The molecule has 1 unspecified atom stereocenters. The highest BCUT2D eigenvalue weighted by atomic mass is 16.2. The minimum Gasteiger partial charge on any atom is -0.322 e. The molecule has 3 N–H and O–H groups in total. The van der Waals surface area contributed by atoms with Gasteiger partial charge in [-0.15, -0.1) is 0 Å². The Hall–Kier alpha value is -2.25. The average Bonchev–Trinajstić information content (AvgIpc) is 3.06. The maximum absolute atomic E-state index is 13.1. The number of carbonyl (C=O) groups excluding carboxylic acids is 3. The van der Waals surface area contributed by atoms with Gasteiger partial charge in [-0.1, -0.05) is 18.2 Å². The lowest BCUT2D eigenvalue weighted by Gasteiger charge is -2.29. The standard InChI is InChI=1S/C22H30N4O3/c27-19-7-6-18(21(28)25-19)26-14-17-5-1-4-16(20(17)22(26)29)13-24-10-2-3-15-8-11-23-12-9-15/h1,4-5,15,18,23-24H,2-3,6-14H2,(H,25,27,28). The number of nitrogens with one attached hydrogen (secondary N) is 3. The zero-order chi connectivity index (χ0) is 20.2. The van der Waals surface area contributed by atoms with Gasteiger partial charge in [-0.05, 0) is 68.8 Å². The number of hydrogen-bond donors (Lipinski definition) is 3. The highest BCUT2D eigenvalue weighted by Gasteiger charge is 2.39. The van der Waals surface area contributed by atoms with Crippen molar-refractivity contribution in [2.24, 2.45) is 5.92 Å². The Labute approximate surface area is 171 Å². The number of nitrogens with zero attached hydrogens (tertiary/aromatic N) is 1. The first kappa shape index (κ1) is 20.0. The Morgan fingerprint density at radius 2 is 1.93 bits per heavy atom. The van der Waals surface area contributed by atoms with Gasteiger partial charge in [-0.3, -0.25) is 19.7 Å². The predicted molar refractivity (Wildman–Crippen MR) is 109 cm³/mol. The Morgan fingerprint density at radius 3 is 2.72 bits per heavy atom. The molecule has 2 saturated heterocycles. The number of benzene rings is 1. The third-order valence-corrected chi connectivity index (χ3v) is 6.38. The monoisotopic (exact) mass is 398 g/mol. The van der Waals surface area contributed by atoms with Crippen LogP contribution in [0.4, 0.5) is 0 Å². The van der Waals surface area contributed by atoms with Crippen molar-refractivity contribution in [3.05, 3.63) is 34.9 Å². The second kappa shape index (κ2) is 9.05. The van der Waals surface area contributed by atoms with Crippen LogP contribution in [0.3, 0.4) is 0 Å². The highest BCUT2D eigenvalue weighted by molar-refractivity contribution is 6.05. The van der Waals surface area contributed by atoms with Crippen LogP contribution >= 0.6 is 0 Å². The van der Waals surface area contributed by atoms with Crippen molar-refractivity contribution in [3.8, 4) is 0 Å². The van der Waals surface area contributed by atoms with Gasteiger partial charge < -0.3 is 15.5 Å². The summed E-state index contributed by atoms with van der Waals surface area (Å²) < 4.78 is 0. The van der Waals surface area contributed by atoms with Crippen molar-refractivity contribution in [1.29, 1.82) is 0 Å². The summed E-state index contributed by atoms with van der Waals surface area (Å²) in [6.07, 6.45) is 5.63. The summed E-state index contributed by atoms with van der Waals surface area (Å²) in [7, 11) is 0. The molecule has 2 fully saturated rings. The van der Waals surface area contributed by atoms with E-state index in [0.717, 1.165) is 48.7 Å². The quantitative estimate of drug-likeness (QED) is 0.476. The third kappa shape index (κ3) is 4.51. The second-order valence-electron chi connectivity index (χ2n) is 8.36. The fraction of sp³-hybridized carbons (Fsp3) is 0.591. The smallest absolute Gasteiger partial charge is 0.255 e. The third-order valence-electron chi connectivity index (χ3n) is 6.38. The molecule has 0 radical (unpaired) electrons. The predicted octanol–water partition coefficient (Wildman–Crippen LogP) is 1.32. The molecular weight excluding hydrogens is 368 g/mol. The molecule has 0 aromatic heterocycles. The molecule has 4 rings (SSSR count). The van der Waals surface area contributed by atoms with E-state index < -0.39 is 6.04 Å². The van der Waals surface area contributed by atoms with Crippen molar-refractivity contribution in [3.63, 3.8) is 0 Å². The maximum Gasteiger partial charge on any atom is 0.255 e. The number of rotatable bonds is 7. The number of imide groups is 1. The number of hydrogen-bond acceptors (Lipinski definition) is 5. The largest absolute Gasteiger partial charge is 0.322 e. The molecule has 3 aliphatic rings. The molecular formula is C22H30N4O3. The van der Waals surface area contributed by atoms with Crippen molar-refractivity contribution >= 4 is 17.7 Å². The van der Waals surface area contributed by atoms with Gasteiger partial charge in [0.25, 0.3) is 5.91 Å². The molecule has 0 bridgehead atoms. The molecule has 0 aliphatic carbocycles. The van der Waals surface area contributed by atoms with Crippen molar-refractivity contribution < 1.29 is 14.4 Å². The average molecular weight is 399 g/mol. The van der Waals surface area contributed by atoms with E-state index in [1.807, 2.05) is 18.2 Å². The van der Waals surface area contributed by atoms with Gasteiger partial charge in [0, 0.05) is 25.1 Å². The van der Waals surface area contributed by atoms with Crippen LogP contribution < -0.4 is 16.0 Å². The normalized spacial score (nSPS) is 22.7. The van der Waals surface area contributed by atoms with Crippen molar-refractivity contribution in [1.82, 2.24) is 20.9 Å². The van der Waals surface area contributed by atoms with Crippen LogP contribution in [0.15, 0.2) is 18.2 Å². The summed E-state index contributed by atoms with van der Waals surface area (Å²) in [4.78, 5) is 38.3. The first-order valence-corrected chi connectivity index (χ1v) is 10.8. The second-order valence-corrected chi connectivity index (χ2v) is 8.36. The molecule has 7 nitrogen and oxygen atoms in total. The van der Waals surface area contributed by atoms with Gasteiger partial charge in [0.05, 0.1) is 0 Å². The molecule has 7 heteroatoms. The first-order valence-electron chi connectivity index (χ1n) is 10.8. The van der Waals surface area contributed by atoms with Gasteiger partial charge in [0.1, 0.15) is 6.04 Å². The molecule has 3 heterocycles. The number of amides is 3. The van der Waals surface area contributed by atoms with E-state index in [2.05, 4.69) is 16.0 Å². The van der Waals surface area contributed by atoms with E-state index in [1.165, 1.54) is 19.3 Å². The molecule has 0 spiro atoms. The van der Waals surface area contributed by atoms with Crippen LogP contribution in [-0.2, 0) is 22.7 Å². The first-order chi connectivity index (χ1) is 14.1. The number of fused-ring (bicyclic) bond motifs is 1. The van der Waals surface area contributed by atoms with E-state index in [9.17, 15) is 14.4 Å². The SMILES string of the molecule is O=C1CCC(N2Cc3cccc(CNCCCC4CCNCC4)c3C2=O)C(=O)N1. The summed E-state index contributed by atoms with van der Waals surface area (Å²) in [6.45, 7) is 4.31. The topological polar surface area (TPSA) is 90.5 Å². The number of piperidine rings is 2. The minimum absolute atomic E-state index is 0.0957. The van der Waals surface area contributed by atoms with Crippen LogP contribution in [0.1, 0.15) is 60.0 Å². The highest BCUT2D eigenvalue weighted by Crippen LogP contribution is 2.29. The van der Waals surface area contributed by atoms with Crippen LogP contribution in [0.2, 0.25) is 0 Å². The molecule has 29 heavy (non-hydrogen) atoms. The fourth-order valence-corrected chi connectivity index (χ4v) is 4.75. The summed E-state index contributed by atoms with van der Waals surface area (Å²) in [5.74, 6) is 0.120. The summed E-state index contributed by atoms with van der Waals surface area (Å²) >= 11 is 0. The van der Waals surface area contributed by atoms with Gasteiger partial charge in [0.2, 0.25) is 11.8 Å². The van der Waals surface area contributed by atoms with E-state index in [1.54, 1.807) is 4.90 Å². The van der Waals surface area contributed by atoms with Crippen LogP contribution in [0.5, 0.6) is 0 Å². The Bertz CT molecular complexity index is 788. The van der Waals surface area contributed by atoms with Crippen LogP contribution in [0, 0.1) is 5.92 Å². The summed E-state index contributed by atoms with van der Waals surface area (Å²) in [6, 6.07) is 5.37. The molecule has 0 saturated carbocycles. The minimum atomic E-state index is -0.557. The number of carbonyl (C=O) groups is 3. The summed E-state index contributed by atoms with van der Waals surface area (Å²) in [5, 5.41) is 9.25. The summed E-state index contributed by atoms with van der Waals surface area (Å²) in [5.41, 5.74) is 2.68. The molecule has 156 valence electrons. The lowest BCUT2D eigenvalue weighted by atomic mass is 9.93. The maximum atomic E-state index is 13.1. The molecule has 3 amide bonds. The Kier molecular flexibility index (Phi) is 6.25.